The molecule has 0 fully saturated rings. The lowest BCUT2D eigenvalue weighted by atomic mass is 9.95. The number of nitrogens with one attached hydrogen (secondary N) is 1. The molecule has 1 unspecified atom stereocenters. The summed E-state index contributed by atoms with van der Waals surface area (Å²) in [6, 6.07) is 13.6. The van der Waals surface area contributed by atoms with E-state index in [0.717, 1.165) is 24.8 Å². The number of rotatable bonds is 8. The molecular formula is C22H27NO4. The number of hydrogen-bond acceptors (Lipinski definition) is 4. The summed E-state index contributed by atoms with van der Waals surface area (Å²) in [6.45, 7) is 3.37. The Bertz CT molecular complexity index is 775. The molecule has 1 N–H and O–H groups in total. The number of carbonyl (C=O) groups is 1. The number of ether oxygens (including phenoxy) is 3. The van der Waals surface area contributed by atoms with Crippen molar-refractivity contribution in [1.29, 1.82) is 0 Å². The Hall–Kier alpha value is -2.53. The molecule has 0 radical (unpaired) electrons. The number of benzene rings is 2. The van der Waals surface area contributed by atoms with Crippen molar-refractivity contribution in [3.63, 3.8) is 0 Å². The first-order valence-electron chi connectivity index (χ1n) is 9.51. The minimum atomic E-state index is -0.218. The summed E-state index contributed by atoms with van der Waals surface area (Å²) in [4.78, 5) is 12.7. The molecule has 0 aliphatic carbocycles. The smallest absolute Gasteiger partial charge is 0.227 e. The standard InChI is InChI=1S/C22H27NO4/c1-3-4-12-26-20-10-9-17(25-2)14-19(20)23-22(24)15-21-18-8-6-5-7-16(18)11-13-27-21/h5-10,14,21H,3-4,11-13,15H2,1-2H3,(H,23,24). The van der Waals surface area contributed by atoms with Gasteiger partial charge < -0.3 is 19.5 Å². The zero-order chi connectivity index (χ0) is 19.1. The van der Waals surface area contributed by atoms with Crippen LogP contribution in [0.25, 0.3) is 0 Å². The molecule has 1 aliphatic heterocycles. The quantitative estimate of drug-likeness (QED) is 0.695. The second kappa shape index (κ2) is 9.42. The van der Waals surface area contributed by atoms with E-state index in [9.17, 15) is 4.79 Å². The third-order valence-corrected chi connectivity index (χ3v) is 4.68. The molecule has 1 amide bonds. The fourth-order valence-electron chi connectivity index (χ4n) is 3.20. The Labute approximate surface area is 160 Å². The molecule has 0 spiro atoms. The van der Waals surface area contributed by atoms with Crippen LogP contribution in [-0.4, -0.2) is 26.2 Å². The van der Waals surface area contributed by atoms with Crippen LogP contribution in [0.1, 0.15) is 43.4 Å². The Morgan fingerprint density at radius 1 is 1.26 bits per heavy atom. The predicted octanol–water partition coefficient (Wildman–Crippen LogP) is 4.52. The van der Waals surface area contributed by atoms with Crippen LogP contribution in [0.3, 0.4) is 0 Å². The Morgan fingerprint density at radius 3 is 2.93 bits per heavy atom. The molecule has 1 aliphatic rings. The SMILES string of the molecule is CCCCOc1ccc(OC)cc1NC(=O)CC1OCCc2ccccc21. The molecular weight excluding hydrogens is 342 g/mol. The van der Waals surface area contributed by atoms with Gasteiger partial charge in [0, 0.05) is 6.07 Å². The molecule has 3 rings (SSSR count). The summed E-state index contributed by atoms with van der Waals surface area (Å²) in [7, 11) is 1.60. The summed E-state index contributed by atoms with van der Waals surface area (Å²) in [5.74, 6) is 1.22. The van der Waals surface area contributed by atoms with Gasteiger partial charge in [0.2, 0.25) is 5.91 Å². The van der Waals surface area contributed by atoms with Crippen LogP contribution in [0, 0.1) is 0 Å². The van der Waals surface area contributed by atoms with E-state index < -0.39 is 0 Å². The van der Waals surface area contributed by atoms with E-state index in [2.05, 4.69) is 18.3 Å². The summed E-state index contributed by atoms with van der Waals surface area (Å²) >= 11 is 0. The van der Waals surface area contributed by atoms with Crippen molar-refractivity contribution in [2.24, 2.45) is 0 Å². The van der Waals surface area contributed by atoms with Crippen LogP contribution >= 0.6 is 0 Å². The van der Waals surface area contributed by atoms with Gasteiger partial charge in [-0.3, -0.25) is 4.79 Å². The summed E-state index contributed by atoms with van der Waals surface area (Å²) < 4.78 is 17.0. The molecule has 5 heteroatoms. The van der Waals surface area contributed by atoms with Crippen molar-refractivity contribution >= 4 is 11.6 Å². The molecule has 1 heterocycles. The topological polar surface area (TPSA) is 56.8 Å². The largest absolute Gasteiger partial charge is 0.497 e. The minimum Gasteiger partial charge on any atom is -0.497 e. The van der Waals surface area contributed by atoms with E-state index in [0.29, 0.717) is 30.4 Å². The lowest BCUT2D eigenvalue weighted by molar-refractivity contribution is -0.119. The first-order chi connectivity index (χ1) is 13.2. The summed E-state index contributed by atoms with van der Waals surface area (Å²) in [5, 5.41) is 2.97. The maximum Gasteiger partial charge on any atom is 0.227 e. The normalized spacial score (nSPS) is 15.7. The van der Waals surface area contributed by atoms with Gasteiger partial charge in [-0.2, -0.15) is 0 Å². The lowest BCUT2D eigenvalue weighted by Gasteiger charge is -2.25. The summed E-state index contributed by atoms with van der Waals surface area (Å²) in [5.41, 5.74) is 2.98. The number of hydrogen-bond donors (Lipinski definition) is 1. The zero-order valence-corrected chi connectivity index (χ0v) is 16.0. The Balaban J connectivity index is 1.70. The van der Waals surface area contributed by atoms with Gasteiger partial charge >= 0.3 is 0 Å². The predicted molar refractivity (Wildman–Crippen MR) is 105 cm³/mol. The highest BCUT2D eigenvalue weighted by Crippen LogP contribution is 2.32. The fourth-order valence-corrected chi connectivity index (χ4v) is 3.20. The highest BCUT2D eigenvalue weighted by Gasteiger charge is 2.23. The van der Waals surface area contributed by atoms with Crippen molar-refractivity contribution in [3.05, 3.63) is 53.6 Å². The molecule has 5 nitrogen and oxygen atoms in total. The van der Waals surface area contributed by atoms with Crippen LogP contribution in [0.15, 0.2) is 42.5 Å². The van der Waals surface area contributed by atoms with Crippen LogP contribution < -0.4 is 14.8 Å². The van der Waals surface area contributed by atoms with E-state index in [1.165, 1.54) is 5.56 Å². The Morgan fingerprint density at radius 2 is 2.11 bits per heavy atom. The maximum atomic E-state index is 12.7. The monoisotopic (exact) mass is 369 g/mol. The molecule has 144 valence electrons. The molecule has 0 saturated heterocycles. The van der Waals surface area contributed by atoms with Crippen molar-refractivity contribution in [2.45, 2.75) is 38.7 Å². The second-order valence-corrected chi connectivity index (χ2v) is 6.62. The van der Waals surface area contributed by atoms with Crippen LogP contribution in [0.5, 0.6) is 11.5 Å². The van der Waals surface area contributed by atoms with Gasteiger partial charge in [-0.15, -0.1) is 0 Å². The molecule has 0 saturated carbocycles. The average molecular weight is 369 g/mol. The fraction of sp³-hybridized carbons (Fsp3) is 0.409. The number of amides is 1. The van der Waals surface area contributed by atoms with Gasteiger partial charge in [-0.1, -0.05) is 37.6 Å². The highest BCUT2D eigenvalue weighted by atomic mass is 16.5. The first-order valence-corrected chi connectivity index (χ1v) is 9.51. The van der Waals surface area contributed by atoms with Crippen LogP contribution in [0.2, 0.25) is 0 Å². The van der Waals surface area contributed by atoms with Crippen LogP contribution in [0.4, 0.5) is 5.69 Å². The maximum absolute atomic E-state index is 12.7. The number of carbonyl (C=O) groups excluding carboxylic acids is 1. The van der Waals surface area contributed by atoms with E-state index >= 15 is 0 Å². The average Bonchev–Trinajstić information content (AvgIpc) is 2.69. The number of fused-ring (bicyclic) bond motifs is 1. The van der Waals surface area contributed by atoms with E-state index in [1.54, 1.807) is 13.2 Å². The number of methoxy groups -OCH3 is 1. The van der Waals surface area contributed by atoms with Crippen LogP contribution in [-0.2, 0) is 16.0 Å². The molecule has 0 bridgehead atoms. The molecule has 2 aromatic rings. The van der Waals surface area contributed by atoms with E-state index in [-0.39, 0.29) is 18.4 Å². The van der Waals surface area contributed by atoms with Gasteiger partial charge in [-0.25, -0.2) is 0 Å². The Kier molecular flexibility index (Phi) is 6.71. The van der Waals surface area contributed by atoms with Gasteiger partial charge in [0.1, 0.15) is 11.5 Å². The lowest BCUT2D eigenvalue weighted by Crippen LogP contribution is -2.22. The van der Waals surface area contributed by atoms with Gasteiger partial charge in [0.15, 0.2) is 0 Å². The van der Waals surface area contributed by atoms with Crippen molar-refractivity contribution in [3.8, 4) is 11.5 Å². The molecule has 1 atom stereocenters. The van der Waals surface area contributed by atoms with E-state index in [4.69, 9.17) is 14.2 Å². The first kappa shape index (κ1) is 19.2. The van der Waals surface area contributed by atoms with Crippen molar-refractivity contribution in [2.75, 3.05) is 25.6 Å². The van der Waals surface area contributed by atoms with E-state index in [1.807, 2.05) is 30.3 Å². The number of unbranched alkanes of at least 4 members (excludes halogenated alkanes) is 1. The third-order valence-electron chi connectivity index (χ3n) is 4.68. The third kappa shape index (κ3) is 5.01. The molecule has 0 aromatic heterocycles. The number of anilines is 1. The van der Waals surface area contributed by atoms with Crippen molar-refractivity contribution < 1.29 is 19.0 Å². The van der Waals surface area contributed by atoms with Gasteiger partial charge in [0.05, 0.1) is 38.5 Å². The molecule has 2 aromatic carbocycles. The van der Waals surface area contributed by atoms with Gasteiger partial charge in [-0.05, 0) is 36.1 Å². The van der Waals surface area contributed by atoms with Gasteiger partial charge in [0.25, 0.3) is 0 Å². The molecule has 27 heavy (non-hydrogen) atoms. The zero-order valence-electron chi connectivity index (χ0n) is 16.0. The minimum absolute atomic E-state index is 0.106. The second-order valence-electron chi connectivity index (χ2n) is 6.62. The van der Waals surface area contributed by atoms with Crippen molar-refractivity contribution in [1.82, 2.24) is 0 Å². The summed E-state index contributed by atoms with van der Waals surface area (Å²) in [6.07, 6.45) is 2.95. The highest BCUT2D eigenvalue weighted by molar-refractivity contribution is 5.93.